The predicted octanol–water partition coefficient (Wildman–Crippen LogP) is 0.915. The van der Waals surface area contributed by atoms with E-state index in [1.807, 2.05) is 4.72 Å². The first kappa shape index (κ1) is 21.2. The molecule has 0 bridgehead atoms. The van der Waals surface area contributed by atoms with E-state index in [0.29, 0.717) is 0 Å². The fourth-order valence-electron chi connectivity index (χ4n) is 1.45. The minimum Gasteiger partial charge on any atom is -0.468 e. The molecule has 0 aliphatic carbocycles. The average molecular weight is 449 g/mol. The van der Waals surface area contributed by atoms with Crippen LogP contribution in [0, 0.1) is 0 Å². The number of carbonyl (C=O) groups excluding carboxylic acids is 2. The molecule has 1 amide bonds. The van der Waals surface area contributed by atoms with Crippen LogP contribution in [0.15, 0.2) is 27.6 Å². The van der Waals surface area contributed by atoms with E-state index in [4.69, 9.17) is 0 Å². The average Bonchev–Trinajstić information content (AvgIpc) is 2.48. The van der Waals surface area contributed by atoms with Crippen LogP contribution in [0.4, 0.5) is 13.2 Å². The second-order valence-electron chi connectivity index (χ2n) is 4.32. The summed E-state index contributed by atoms with van der Waals surface area (Å²) in [5.74, 6) is -2.61. The molecule has 0 unspecified atom stereocenters. The molecule has 0 spiro atoms. The van der Waals surface area contributed by atoms with Crippen LogP contribution in [-0.4, -0.2) is 46.9 Å². The fourth-order valence-corrected chi connectivity index (χ4v) is 2.88. The molecule has 13 heteroatoms. The van der Waals surface area contributed by atoms with Crippen LogP contribution in [0.25, 0.3) is 0 Å². The van der Waals surface area contributed by atoms with Crippen molar-refractivity contribution in [2.75, 3.05) is 20.2 Å². The van der Waals surface area contributed by atoms with Crippen molar-refractivity contribution in [3.63, 3.8) is 0 Å². The summed E-state index contributed by atoms with van der Waals surface area (Å²) in [5.41, 5.74) is 0. The topological polar surface area (TPSA) is 111 Å². The van der Waals surface area contributed by atoms with E-state index in [1.54, 1.807) is 0 Å². The number of carbonyl (C=O) groups is 2. The molecule has 2 N–H and O–H groups in total. The number of ether oxygens (including phenoxy) is 2. The van der Waals surface area contributed by atoms with E-state index in [9.17, 15) is 31.2 Å². The number of halogens is 4. The summed E-state index contributed by atoms with van der Waals surface area (Å²) in [7, 11) is -3.40. The summed E-state index contributed by atoms with van der Waals surface area (Å²) in [6.45, 7) is -1.29. The molecule has 0 aliphatic rings. The molecule has 0 radical (unpaired) electrons. The van der Waals surface area contributed by atoms with Gasteiger partial charge in [0.05, 0.1) is 13.7 Å². The molecular formula is C12H12BrF3N2O6S. The SMILES string of the molecule is COC(=O)CNC(=O)CNS(=O)(=O)c1ccc(Br)cc1OC(F)(F)F. The Bertz CT molecular complexity index is 754. The van der Waals surface area contributed by atoms with Gasteiger partial charge in [-0.1, -0.05) is 15.9 Å². The first-order chi connectivity index (χ1) is 11.4. The largest absolute Gasteiger partial charge is 0.573 e. The van der Waals surface area contributed by atoms with Gasteiger partial charge in [-0.25, -0.2) is 13.1 Å². The first-order valence-electron chi connectivity index (χ1n) is 6.33. The Labute approximate surface area is 148 Å². The molecule has 0 heterocycles. The molecule has 0 atom stereocenters. The van der Waals surface area contributed by atoms with Crippen molar-refractivity contribution < 1.29 is 40.7 Å². The summed E-state index contributed by atoms with van der Waals surface area (Å²) < 4.78 is 71.3. The minimum atomic E-state index is -5.11. The third-order valence-corrected chi connectivity index (χ3v) is 4.44. The summed E-state index contributed by atoms with van der Waals surface area (Å²) >= 11 is 2.90. The number of sulfonamides is 1. The zero-order chi connectivity index (χ0) is 19.3. The van der Waals surface area contributed by atoms with Gasteiger partial charge in [0.2, 0.25) is 15.9 Å². The fraction of sp³-hybridized carbons (Fsp3) is 0.333. The summed E-state index contributed by atoms with van der Waals surface area (Å²) in [6.07, 6.45) is -5.11. The van der Waals surface area contributed by atoms with E-state index < -0.39 is 52.0 Å². The van der Waals surface area contributed by atoms with Crippen LogP contribution in [0.2, 0.25) is 0 Å². The highest BCUT2D eigenvalue weighted by Gasteiger charge is 2.34. The van der Waals surface area contributed by atoms with E-state index in [2.05, 4.69) is 30.7 Å². The number of hydrogen-bond donors (Lipinski definition) is 2. The van der Waals surface area contributed by atoms with Crippen molar-refractivity contribution in [3.8, 4) is 5.75 Å². The molecule has 0 saturated heterocycles. The number of esters is 1. The Morgan fingerprint density at radius 1 is 1.24 bits per heavy atom. The van der Waals surface area contributed by atoms with Crippen molar-refractivity contribution in [1.29, 1.82) is 0 Å². The Morgan fingerprint density at radius 3 is 2.44 bits per heavy atom. The molecule has 1 aromatic carbocycles. The molecule has 0 aromatic heterocycles. The Kier molecular flexibility index (Phi) is 7.19. The minimum absolute atomic E-state index is 0.154. The molecule has 140 valence electrons. The van der Waals surface area contributed by atoms with Gasteiger partial charge < -0.3 is 14.8 Å². The van der Waals surface area contributed by atoms with Crippen molar-refractivity contribution in [1.82, 2.24) is 10.0 Å². The van der Waals surface area contributed by atoms with Crippen LogP contribution < -0.4 is 14.8 Å². The molecule has 0 aliphatic heterocycles. The van der Waals surface area contributed by atoms with Crippen LogP contribution in [0.3, 0.4) is 0 Å². The number of nitrogens with one attached hydrogen (secondary N) is 2. The van der Waals surface area contributed by atoms with Crippen molar-refractivity contribution in [2.45, 2.75) is 11.3 Å². The lowest BCUT2D eigenvalue weighted by Crippen LogP contribution is -2.39. The van der Waals surface area contributed by atoms with E-state index in [1.165, 1.54) is 6.07 Å². The second-order valence-corrected chi connectivity index (χ2v) is 6.97. The Morgan fingerprint density at radius 2 is 1.88 bits per heavy atom. The van der Waals surface area contributed by atoms with Gasteiger partial charge in [-0.2, -0.15) is 0 Å². The summed E-state index contributed by atoms with van der Waals surface area (Å²) in [6, 6.07) is 2.88. The zero-order valence-corrected chi connectivity index (χ0v) is 14.9. The number of benzene rings is 1. The highest BCUT2D eigenvalue weighted by Crippen LogP contribution is 2.32. The number of rotatable bonds is 7. The molecule has 0 saturated carbocycles. The smallest absolute Gasteiger partial charge is 0.468 e. The highest BCUT2D eigenvalue weighted by molar-refractivity contribution is 9.10. The third-order valence-electron chi connectivity index (χ3n) is 2.50. The van der Waals surface area contributed by atoms with Gasteiger partial charge in [0.15, 0.2) is 5.75 Å². The Hall–Kier alpha value is -1.86. The zero-order valence-electron chi connectivity index (χ0n) is 12.5. The van der Waals surface area contributed by atoms with Gasteiger partial charge in [0.25, 0.3) is 0 Å². The quantitative estimate of drug-likeness (QED) is 0.599. The molecule has 25 heavy (non-hydrogen) atoms. The van der Waals surface area contributed by atoms with E-state index >= 15 is 0 Å². The number of amides is 1. The molecule has 8 nitrogen and oxygen atoms in total. The number of hydrogen-bond acceptors (Lipinski definition) is 6. The van der Waals surface area contributed by atoms with Gasteiger partial charge in [0, 0.05) is 4.47 Å². The van der Waals surface area contributed by atoms with Crippen LogP contribution in [0.5, 0.6) is 5.75 Å². The number of methoxy groups -OCH3 is 1. The maximum absolute atomic E-state index is 12.4. The molecular weight excluding hydrogens is 437 g/mol. The normalized spacial score (nSPS) is 11.7. The lowest BCUT2D eigenvalue weighted by Gasteiger charge is -2.14. The van der Waals surface area contributed by atoms with Crippen molar-refractivity contribution >= 4 is 37.8 Å². The molecule has 1 rings (SSSR count). The van der Waals surface area contributed by atoms with Gasteiger partial charge >= 0.3 is 12.3 Å². The van der Waals surface area contributed by atoms with Gasteiger partial charge in [-0.05, 0) is 18.2 Å². The standard InChI is InChI=1S/C12H12BrF3N2O6S/c1-23-11(20)6-17-10(19)5-18-25(21,22)9-3-2-7(13)4-8(9)24-12(14,15)16/h2-4,18H,5-6H2,1H3,(H,17,19). The second kappa shape index (κ2) is 8.49. The summed E-state index contributed by atoms with van der Waals surface area (Å²) in [5, 5.41) is 2.06. The van der Waals surface area contributed by atoms with Crippen LogP contribution in [0.1, 0.15) is 0 Å². The van der Waals surface area contributed by atoms with E-state index in [-0.39, 0.29) is 4.47 Å². The lowest BCUT2D eigenvalue weighted by atomic mass is 10.3. The van der Waals surface area contributed by atoms with Gasteiger partial charge in [0.1, 0.15) is 11.4 Å². The maximum Gasteiger partial charge on any atom is 0.573 e. The number of alkyl halides is 3. The van der Waals surface area contributed by atoms with Crippen LogP contribution in [-0.2, 0) is 24.3 Å². The third kappa shape index (κ3) is 7.27. The Balaban J connectivity index is 2.88. The lowest BCUT2D eigenvalue weighted by molar-refractivity contribution is -0.275. The predicted molar refractivity (Wildman–Crippen MR) is 81.0 cm³/mol. The highest BCUT2D eigenvalue weighted by atomic mass is 79.9. The van der Waals surface area contributed by atoms with Gasteiger partial charge in [-0.15, -0.1) is 13.2 Å². The molecule has 0 fully saturated rings. The van der Waals surface area contributed by atoms with Gasteiger partial charge in [-0.3, -0.25) is 9.59 Å². The monoisotopic (exact) mass is 448 g/mol. The maximum atomic E-state index is 12.4. The first-order valence-corrected chi connectivity index (χ1v) is 8.60. The van der Waals surface area contributed by atoms with Crippen molar-refractivity contribution in [3.05, 3.63) is 22.7 Å². The summed E-state index contributed by atoms with van der Waals surface area (Å²) in [4.78, 5) is 21.5. The van der Waals surface area contributed by atoms with Crippen LogP contribution >= 0.6 is 15.9 Å². The van der Waals surface area contributed by atoms with E-state index in [0.717, 1.165) is 19.2 Å². The molecule has 1 aromatic rings. The van der Waals surface area contributed by atoms with Crippen molar-refractivity contribution in [2.24, 2.45) is 0 Å².